The molecule has 0 radical (unpaired) electrons. The number of rotatable bonds is 13. The van der Waals surface area contributed by atoms with E-state index in [-0.39, 0.29) is 18.6 Å². The maximum absolute atomic E-state index is 12.9. The largest absolute Gasteiger partial charge is 0.481 e. The van der Waals surface area contributed by atoms with Crippen molar-refractivity contribution in [3.8, 4) is 0 Å². The van der Waals surface area contributed by atoms with Gasteiger partial charge in [0, 0.05) is 18.6 Å². The molecule has 4 unspecified atom stereocenters. The van der Waals surface area contributed by atoms with Crippen LogP contribution in [-0.4, -0.2) is 69.8 Å². The van der Waals surface area contributed by atoms with E-state index in [4.69, 9.17) is 15.9 Å². The molecule has 0 aliphatic heterocycles. The average Bonchev–Trinajstić information content (AvgIpc) is 2.74. The molecule has 0 aromatic heterocycles. The Balaban J connectivity index is 3.05. The van der Waals surface area contributed by atoms with Gasteiger partial charge in [-0.1, -0.05) is 30.3 Å². The number of nitrogens with one attached hydrogen (secondary N) is 3. The summed E-state index contributed by atoms with van der Waals surface area (Å²) in [5.74, 6) is -4.95. The Morgan fingerprint density at radius 2 is 1.44 bits per heavy atom. The highest BCUT2D eigenvalue weighted by Crippen LogP contribution is 2.06. The number of amides is 3. The van der Waals surface area contributed by atoms with Crippen LogP contribution in [0.25, 0.3) is 0 Å². The monoisotopic (exact) mass is 468 g/mol. The predicted octanol–water partition coefficient (Wildman–Crippen LogP) is -1.09. The van der Waals surface area contributed by atoms with Crippen molar-refractivity contribution in [3.63, 3.8) is 0 Å². The zero-order valence-electron chi connectivity index (χ0n) is 17.5. The number of carbonyl (C=O) groups is 5. The molecule has 0 fully saturated rings. The number of carbonyl (C=O) groups excluding carboxylic acids is 3. The van der Waals surface area contributed by atoms with Crippen LogP contribution < -0.4 is 21.7 Å². The van der Waals surface area contributed by atoms with Crippen molar-refractivity contribution in [1.82, 2.24) is 16.0 Å². The van der Waals surface area contributed by atoms with Gasteiger partial charge in [0.2, 0.25) is 17.7 Å². The van der Waals surface area contributed by atoms with Crippen molar-refractivity contribution in [1.29, 1.82) is 0 Å². The van der Waals surface area contributed by atoms with Crippen LogP contribution in [-0.2, 0) is 30.4 Å². The summed E-state index contributed by atoms with van der Waals surface area (Å²) in [6.45, 7) is 1.44. The molecule has 0 bridgehead atoms. The molecule has 0 saturated heterocycles. The van der Waals surface area contributed by atoms with Gasteiger partial charge in [-0.2, -0.15) is 12.6 Å². The molecule has 7 N–H and O–H groups in total. The van der Waals surface area contributed by atoms with Crippen molar-refractivity contribution in [2.75, 3.05) is 5.75 Å². The van der Waals surface area contributed by atoms with Crippen LogP contribution in [0.2, 0.25) is 0 Å². The molecule has 0 spiro atoms. The SMILES string of the molecule is CC(N)C(=O)NC(Cc1ccccc1)C(=O)NC(CCC(=O)O)C(=O)NC(CS)C(=O)O. The minimum atomic E-state index is -1.34. The third-order valence-corrected chi connectivity index (χ3v) is 4.77. The first-order chi connectivity index (χ1) is 15.0. The van der Waals surface area contributed by atoms with Crippen LogP contribution in [0.1, 0.15) is 25.3 Å². The Hall–Kier alpha value is -3.12. The van der Waals surface area contributed by atoms with Crippen LogP contribution in [0.4, 0.5) is 0 Å². The average molecular weight is 469 g/mol. The first-order valence-electron chi connectivity index (χ1n) is 9.81. The van der Waals surface area contributed by atoms with E-state index in [0.29, 0.717) is 0 Å². The molecule has 1 aromatic rings. The number of hydrogen-bond acceptors (Lipinski definition) is 7. The fraction of sp³-hybridized carbons (Fsp3) is 0.450. The third-order valence-electron chi connectivity index (χ3n) is 4.41. The Bertz CT molecular complexity index is 819. The summed E-state index contributed by atoms with van der Waals surface area (Å²) in [6.07, 6.45) is -0.648. The molecule has 1 aromatic carbocycles. The summed E-state index contributed by atoms with van der Waals surface area (Å²) in [7, 11) is 0. The highest BCUT2D eigenvalue weighted by atomic mass is 32.1. The molecule has 11 nitrogen and oxygen atoms in total. The molecule has 4 atom stereocenters. The van der Waals surface area contributed by atoms with E-state index >= 15 is 0 Å². The number of nitrogens with two attached hydrogens (primary N) is 1. The van der Waals surface area contributed by atoms with E-state index in [2.05, 4.69) is 28.6 Å². The molecule has 176 valence electrons. The minimum Gasteiger partial charge on any atom is -0.481 e. The van der Waals surface area contributed by atoms with Gasteiger partial charge in [-0.15, -0.1) is 0 Å². The van der Waals surface area contributed by atoms with Gasteiger partial charge in [0.25, 0.3) is 0 Å². The fourth-order valence-corrected chi connectivity index (χ4v) is 2.88. The second-order valence-corrected chi connectivity index (χ2v) is 7.48. The van der Waals surface area contributed by atoms with E-state index in [9.17, 15) is 24.0 Å². The normalized spacial score (nSPS) is 14.3. The van der Waals surface area contributed by atoms with Crippen LogP contribution >= 0.6 is 12.6 Å². The first-order valence-corrected chi connectivity index (χ1v) is 10.4. The second-order valence-electron chi connectivity index (χ2n) is 7.12. The Morgan fingerprint density at radius 1 is 0.906 bits per heavy atom. The lowest BCUT2D eigenvalue weighted by Crippen LogP contribution is -2.57. The number of carboxylic acid groups (broad SMARTS) is 2. The van der Waals surface area contributed by atoms with Crippen LogP contribution in [0.3, 0.4) is 0 Å². The molecule has 32 heavy (non-hydrogen) atoms. The Labute approximate surface area is 190 Å². The minimum absolute atomic E-state index is 0.0901. The van der Waals surface area contributed by atoms with Crippen LogP contribution in [0.5, 0.6) is 0 Å². The van der Waals surface area contributed by atoms with Gasteiger partial charge in [-0.3, -0.25) is 19.2 Å². The van der Waals surface area contributed by atoms with Gasteiger partial charge in [0.05, 0.1) is 6.04 Å². The number of aliphatic carboxylic acids is 2. The van der Waals surface area contributed by atoms with E-state index in [1.165, 1.54) is 6.92 Å². The molecule has 0 saturated carbocycles. The lowest BCUT2D eigenvalue weighted by molar-refractivity contribution is -0.142. The molecular weight excluding hydrogens is 440 g/mol. The Kier molecular flexibility index (Phi) is 11.2. The van der Waals surface area contributed by atoms with Crippen molar-refractivity contribution >= 4 is 42.3 Å². The van der Waals surface area contributed by atoms with E-state index in [0.717, 1.165) is 5.56 Å². The highest BCUT2D eigenvalue weighted by Gasteiger charge is 2.30. The van der Waals surface area contributed by atoms with Crippen LogP contribution in [0, 0.1) is 0 Å². The zero-order valence-corrected chi connectivity index (χ0v) is 18.4. The number of carboxylic acids is 2. The maximum Gasteiger partial charge on any atom is 0.327 e. The van der Waals surface area contributed by atoms with Crippen molar-refractivity contribution in [3.05, 3.63) is 35.9 Å². The van der Waals surface area contributed by atoms with Gasteiger partial charge < -0.3 is 31.9 Å². The molecule has 3 amide bonds. The van der Waals surface area contributed by atoms with Gasteiger partial charge in [0.15, 0.2) is 0 Å². The molecule has 12 heteroatoms. The smallest absolute Gasteiger partial charge is 0.327 e. The van der Waals surface area contributed by atoms with Gasteiger partial charge >= 0.3 is 11.9 Å². The second kappa shape index (κ2) is 13.3. The van der Waals surface area contributed by atoms with E-state index in [1.807, 2.05) is 0 Å². The molecule has 0 heterocycles. The standard InChI is InChI=1S/C20H28N4O7S/c1-11(21)17(27)23-14(9-12-5-3-2-4-6-12)19(29)22-13(7-8-16(25)26)18(28)24-15(10-32)20(30)31/h2-6,11,13-15,32H,7-10,21H2,1H3,(H,22,29)(H,23,27)(H,24,28)(H,25,26)(H,30,31). The Morgan fingerprint density at radius 3 is 1.94 bits per heavy atom. The number of hydrogen-bond donors (Lipinski definition) is 7. The topological polar surface area (TPSA) is 188 Å². The lowest BCUT2D eigenvalue weighted by atomic mass is 10.0. The molecule has 0 aliphatic rings. The molecule has 1 rings (SSSR count). The van der Waals surface area contributed by atoms with Gasteiger partial charge in [-0.25, -0.2) is 4.79 Å². The molecular formula is C20H28N4O7S. The fourth-order valence-electron chi connectivity index (χ4n) is 2.63. The predicted molar refractivity (Wildman–Crippen MR) is 118 cm³/mol. The summed E-state index contributed by atoms with van der Waals surface area (Å²) >= 11 is 3.86. The van der Waals surface area contributed by atoms with E-state index in [1.54, 1.807) is 30.3 Å². The number of benzene rings is 1. The summed E-state index contributed by atoms with van der Waals surface area (Å²) in [5.41, 5.74) is 6.30. The van der Waals surface area contributed by atoms with Crippen LogP contribution in [0.15, 0.2) is 30.3 Å². The number of thiol groups is 1. The van der Waals surface area contributed by atoms with Gasteiger partial charge in [-0.05, 0) is 18.9 Å². The third kappa shape index (κ3) is 9.35. The molecule has 0 aliphatic carbocycles. The highest BCUT2D eigenvalue weighted by molar-refractivity contribution is 7.80. The van der Waals surface area contributed by atoms with Crippen molar-refractivity contribution in [2.45, 2.75) is 50.4 Å². The quantitative estimate of drug-likeness (QED) is 0.178. The summed E-state index contributed by atoms with van der Waals surface area (Å²) < 4.78 is 0. The first kappa shape index (κ1) is 26.9. The zero-order chi connectivity index (χ0) is 24.3. The van der Waals surface area contributed by atoms with Crippen molar-refractivity contribution in [2.24, 2.45) is 5.73 Å². The van der Waals surface area contributed by atoms with Gasteiger partial charge in [0.1, 0.15) is 18.1 Å². The summed E-state index contributed by atoms with van der Waals surface area (Å²) in [5, 5.41) is 25.2. The lowest BCUT2D eigenvalue weighted by Gasteiger charge is -2.24. The summed E-state index contributed by atoms with van der Waals surface area (Å²) in [6, 6.07) is 4.13. The van der Waals surface area contributed by atoms with E-state index < -0.39 is 60.2 Å². The summed E-state index contributed by atoms with van der Waals surface area (Å²) in [4.78, 5) is 59.7. The van der Waals surface area contributed by atoms with Crippen molar-refractivity contribution < 1.29 is 34.2 Å². The maximum atomic E-state index is 12.9.